The second-order valence-corrected chi connectivity index (χ2v) is 6.90. The maximum Gasteiger partial charge on any atom is 0.222 e. The summed E-state index contributed by atoms with van der Waals surface area (Å²) in [5.74, 6) is 2.78. The third-order valence-electron chi connectivity index (χ3n) is 4.81. The van der Waals surface area contributed by atoms with E-state index in [9.17, 15) is 4.79 Å². The van der Waals surface area contributed by atoms with E-state index in [0.29, 0.717) is 13.0 Å². The maximum absolute atomic E-state index is 11.7. The molecule has 7 nitrogen and oxygen atoms in total. The van der Waals surface area contributed by atoms with Gasteiger partial charge in [-0.25, -0.2) is 15.0 Å². The van der Waals surface area contributed by atoms with Crippen LogP contribution in [0.25, 0.3) is 11.0 Å². The molecule has 1 aliphatic rings. The van der Waals surface area contributed by atoms with Crippen LogP contribution in [0.2, 0.25) is 0 Å². The van der Waals surface area contributed by atoms with Crippen molar-refractivity contribution in [3.8, 4) is 0 Å². The number of carbonyl (C=O) groups excluding carboxylic acids is 1. The van der Waals surface area contributed by atoms with Crippen LogP contribution >= 0.6 is 0 Å². The number of amides is 1. The van der Waals surface area contributed by atoms with E-state index < -0.39 is 0 Å². The van der Waals surface area contributed by atoms with E-state index in [4.69, 9.17) is 0 Å². The van der Waals surface area contributed by atoms with E-state index in [1.807, 2.05) is 42.2 Å². The van der Waals surface area contributed by atoms with Crippen LogP contribution in [-0.2, 0) is 17.6 Å². The number of carbonyl (C=O) groups is 1. The highest BCUT2D eigenvalue weighted by Gasteiger charge is 2.19. The summed E-state index contributed by atoms with van der Waals surface area (Å²) < 4.78 is 0. The first-order chi connectivity index (χ1) is 13.2. The number of imidazole rings is 1. The molecule has 7 heteroatoms. The molecule has 2 N–H and O–H groups in total. The van der Waals surface area contributed by atoms with Gasteiger partial charge in [0.15, 0.2) is 0 Å². The Labute approximate surface area is 158 Å². The van der Waals surface area contributed by atoms with E-state index in [1.54, 1.807) is 0 Å². The van der Waals surface area contributed by atoms with Gasteiger partial charge in [0.1, 0.15) is 17.5 Å². The van der Waals surface area contributed by atoms with Crippen molar-refractivity contribution in [3.63, 3.8) is 0 Å². The largest absolute Gasteiger partial charge is 0.368 e. The Morgan fingerprint density at radius 2 is 2.07 bits per heavy atom. The van der Waals surface area contributed by atoms with E-state index in [-0.39, 0.29) is 5.91 Å². The minimum absolute atomic E-state index is 0.252. The number of fused-ring (bicyclic) bond motifs is 1. The summed E-state index contributed by atoms with van der Waals surface area (Å²) in [7, 11) is 0. The Morgan fingerprint density at radius 3 is 2.89 bits per heavy atom. The summed E-state index contributed by atoms with van der Waals surface area (Å²) in [4.78, 5) is 30.6. The van der Waals surface area contributed by atoms with E-state index >= 15 is 0 Å². The van der Waals surface area contributed by atoms with Gasteiger partial charge >= 0.3 is 0 Å². The molecule has 1 aliphatic heterocycles. The second kappa shape index (κ2) is 7.73. The normalized spacial score (nSPS) is 14.3. The van der Waals surface area contributed by atoms with Crippen LogP contribution in [0.5, 0.6) is 0 Å². The number of benzene rings is 1. The van der Waals surface area contributed by atoms with Crippen LogP contribution in [0, 0.1) is 6.92 Å². The standard InChI is InChI=1S/C20H24N6O/c1-14-22-15(8-9-18-24-16-5-2-3-6-17(16)25-18)13-19(23-14)21-10-12-26-11-4-7-20(26)27/h2-3,5-6,13H,4,7-12H2,1H3,(H,24,25)(H,21,22,23). The predicted octanol–water partition coefficient (Wildman–Crippen LogP) is 2.48. The highest BCUT2D eigenvalue weighted by atomic mass is 16.2. The van der Waals surface area contributed by atoms with Gasteiger partial charge in [-0.2, -0.15) is 0 Å². The Bertz CT molecular complexity index is 918. The van der Waals surface area contributed by atoms with Crippen LogP contribution < -0.4 is 5.32 Å². The Kier molecular flexibility index (Phi) is 5.00. The number of hydrogen-bond donors (Lipinski definition) is 2. The van der Waals surface area contributed by atoms with Crippen LogP contribution in [-0.4, -0.2) is 50.4 Å². The van der Waals surface area contributed by atoms with Crippen molar-refractivity contribution in [2.75, 3.05) is 25.0 Å². The van der Waals surface area contributed by atoms with Crippen molar-refractivity contribution in [1.82, 2.24) is 24.8 Å². The Morgan fingerprint density at radius 1 is 1.19 bits per heavy atom. The van der Waals surface area contributed by atoms with Crippen LogP contribution in [0.3, 0.4) is 0 Å². The number of hydrogen-bond acceptors (Lipinski definition) is 5. The number of aromatic amines is 1. The fourth-order valence-corrected chi connectivity index (χ4v) is 3.48. The maximum atomic E-state index is 11.7. The fraction of sp³-hybridized carbons (Fsp3) is 0.400. The zero-order valence-corrected chi connectivity index (χ0v) is 15.5. The fourth-order valence-electron chi connectivity index (χ4n) is 3.48. The highest BCUT2D eigenvalue weighted by molar-refractivity contribution is 5.78. The first kappa shape index (κ1) is 17.5. The van der Waals surface area contributed by atoms with Crippen molar-refractivity contribution < 1.29 is 4.79 Å². The molecular weight excluding hydrogens is 340 g/mol. The van der Waals surface area contributed by atoms with Crippen molar-refractivity contribution in [2.45, 2.75) is 32.6 Å². The lowest BCUT2D eigenvalue weighted by Gasteiger charge is -2.16. The summed E-state index contributed by atoms with van der Waals surface area (Å²) in [6.07, 6.45) is 3.24. The third kappa shape index (κ3) is 4.24. The molecular formula is C20H24N6O. The molecule has 3 aromatic rings. The number of para-hydroxylation sites is 2. The van der Waals surface area contributed by atoms with E-state index in [2.05, 4.69) is 25.3 Å². The number of rotatable bonds is 7. The molecule has 4 rings (SSSR count). The van der Waals surface area contributed by atoms with Crippen LogP contribution in [0.15, 0.2) is 30.3 Å². The number of aryl methyl sites for hydroxylation is 3. The SMILES string of the molecule is Cc1nc(CCc2nc3ccccc3[nH]2)cc(NCCN2CCCC2=O)n1. The van der Waals surface area contributed by atoms with Crippen molar-refractivity contribution in [1.29, 1.82) is 0 Å². The zero-order chi connectivity index (χ0) is 18.6. The van der Waals surface area contributed by atoms with Gasteiger partial charge in [0.25, 0.3) is 0 Å². The zero-order valence-electron chi connectivity index (χ0n) is 15.5. The Balaban J connectivity index is 1.35. The summed E-state index contributed by atoms with van der Waals surface area (Å²) >= 11 is 0. The molecule has 0 spiro atoms. The van der Waals surface area contributed by atoms with Gasteiger partial charge in [0.2, 0.25) is 5.91 Å². The minimum Gasteiger partial charge on any atom is -0.368 e. The smallest absolute Gasteiger partial charge is 0.222 e. The van der Waals surface area contributed by atoms with Gasteiger partial charge in [0, 0.05) is 44.2 Å². The number of H-pyrrole nitrogens is 1. The molecule has 27 heavy (non-hydrogen) atoms. The van der Waals surface area contributed by atoms with Gasteiger partial charge in [-0.05, 0) is 31.9 Å². The minimum atomic E-state index is 0.252. The van der Waals surface area contributed by atoms with Crippen molar-refractivity contribution in [2.24, 2.45) is 0 Å². The average Bonchev–Trinajstić information content (AvgIpc) is 3.25. The monoisotopic (exact) mass is 364 g/mol. The molecule has 0 atom stereocenters. The lowest BCUT2D eigenvalue weighted by molar-refractivity contribution is -0.127. The second-order valence-electron chi connectivity index (χ2n) is 6.90. The van der Waals surface area contributed by atoms with Crippen LogP contribution in [0.1, 0.15) is 30.2 Å². The molecule has 140 valence electrons. The number of anilines is 1. The average molecular weight is 364 g/mol. The van der Waals surface area contributed by atoms with Gasteiger partial charge in [-0.15, -0.1) is 0 Å². The molecule has 2 aromatic heterocycles. The number of nitrogens with zero attached hydrogens (tertiary/aromatic N) is 4. The van der Waals surface area contributed by atoms with Crippen molar-refractivity contribution in [3.05, 3.63) is 47.7 Å². The van der Waals surface area contributed by atoms with Gasteiger partial charge < -0.3 is 15.2 Å². The Hall–Kier alpha value is -2.96. The van der Waals surface area contributed by atoms with E-state index in [0.717, 1.165) is 66.5 Å². The van der Waals surface area contributed by atoms with Gasteiger partial charge in [-0.1, -0.05) is 12.1 Å². The number of likely N-dealkylation sites (tertiary alicyclic amines) is 1. The summed E-state index contributed by atoms with van der Waals surface area (Å²) in [6, 6.07) is 10.0. The predicted molar refractivity (Wildman–Crippen MR) is 105 cm³/mol. The number of nitrogens with one attached hydrogen (secondary N) is 2. The molecule has 1 saturated heterocycles. The van der Waals surface area contributed by atoms with Crippen molar-refractivity contribution >= 4 is 22.8 Å². The molecule has 1 aromatic carbocycles. The van der Waals surface area contributed by atoms with E-state index in [1.165, 1.54) is 0 Å². The molecule has 0 unspecified atom stereocenters. The van der Waals surface area contributed by atoms with Crippen LogP contribution in [0.4, 0.5) is 5.82 Å². The molecule has 1 amide bonds. The lowest BCUT2D eigenvalue weighted by Crippen LogP contribution is -2.30. The first-order valence-corrected chi connectivity index (χ1v) is 9.47. The lowest BCUT2D eigenvalue weighted by atomic mass is 10.2. The summed E-state index contributed by atoms with van der Waals surface area (Å²) in [5, 5.41) is 3.32. The number of aromatic nitrogens is 4. The molecule has 0 bridgehead atoms. The third-order valence-corrected chi connectivity index (χ3v) is 4.81. The van der Waals surface area contributed by atoms with Gasteiger partial charge in [0.05, 0.1) is 11.0 Å². The highest BCUT2D eigenvalue weighted by Crippen LogP contribution is 2.14. The molecule has 0 saturated carbocycles. The summed E-state index contributed by atoms with van der Waals surface area (Å²) in [6.45, 7) is 4.19. The molecule has 0 aliphatic carbocycles. The molecule has 3 heterocycles. The summed E-state index contributed by atoms with van der Waals surface area (Å²) in [5.41, 5.74) is 3.04. The van der Waals surface area contributed by atoms with Gasteiger partial charge in [-0.3, -0.25) is 4.79 Å². The molecule has 1 fully saturated rings. The molecule has 0 radical (unpaired) electrons. The quantitative estimate of drug-likeness (QED) is 0.673. The topological polar surface area (TPSA) is 86.8 Å². The first-order valence-electron chi connectivity index (χ1n) is 9.47.